The van der Waals surface area contributed by atoms with E-state index in [4.69, 9.17) is 14.0 Å². The molecule has 1 aliphatic heterocycles. The second-order valence-electron chi connectivity index (χ2n) is 6.69. The molecule has 7 heteroatoms. The standard InChI is InChI=1S/C16H21BN2O4/c1-6-21-14(20)13-11-8-7-10(9-12(11)18-19-13)17-22-15(2,3)16(4,5)23-17/h7-9H,6H2,1-5H3,(H,18,19). The number of nitrogens with zero attached hydrogens (tertiary/aromatic N) is 1. The van der Waals surface area contributed by atoms with Crippen molar-refractivity contribution in [1.82, 2.24) is 10.2 Å². The largest absolute Gasteiger partial charge is 0.494 e. The van der Waals surface area contributed by atoms with Gasteiger partial charge in [-0.05, 0) is 46.1 Å². The number of H-pyrrole nitrogens is 1. The monoisotopic (exact) mass is 316 g/mol. The van der Waals surface area contributed by atoms with Crippen LogP contribution in [0.3, 0.4) is 0 Å². The van der Waals surface area contributed by atoms with Crippen LogP contribution in [-0.4, -0.2) is 41.1 Å². The highest BCUT2D eigenvalue weighted by Gasteiger charge is 2.51. The molecule has 2 heterocycles. The fourth-order valence-electron chi connectivity index (χ4n) is 2.52. The predicted molar refractivity (Wildman–Crippen MR) is 87.8 cm³/mol. The van der Waals surface area contributed by atoms with E-state index in [1.54, 1.807) is 6.92 Å². The molecule has 0 bridgehead atoms. The van der Waals surface area contributed by atoms with Crippen molar-refractivity contribution in [2.75, 3.05) is 6.61 Å². The lowest BCUT2D eigenvalue weighted by Crippen LogP contribution is -2.41. The maximum atomic E-state index is 11.9. The van der Waals surface area contributed by atoms with Crippen LogP contribution in [-0.2, 0) is 14.0 Å². The van der Waals surface area contributed by atoms with Crippen LogP contribution in [0.1, 0.15) is 45.1 Å². The lowest BCUT2D eigenvalue weighted by atomic mass is 9.79. The third-order valence-electron chi connectivity index (χ3n) is 4.58. The van der Waals surface area contributed by atoms with Crippen molar-refractivity contribution in [3.8, 4) is 0 Å². The van der Waals surface area contributed by atoms with Crippen LogP contribution in [0.25, 0.3) is 10.9 Å². The molecule has 1 aliphatic rings. The lowest BCUT2D eigenvalue weighted by Gasteiger charge is -2.32. The number of hydrogen-bond donors (Lipinski definition) is 1. The second kappa shape index (κ2) is 5.35. The Bertz CT molecular complexity index is 738. The fraction of sp³-hybridized carbons (Fsp3) is 0.500. The Balaban J connectivity index is 1.92. The van der Waals surface area contributed by atoms with Gasteiger partial charge in [-0.2, -0.15) is 5.10 Å². The zero-order valence-electron chi connectivity index (χ0n) is 14.1. The fourth-order valence-corrected chi connectivity index (χ4v) is 2.52. The first-order chi connectivity index (χ1) is 10.7. The topological polar surface area (TPSA) is 73.4 Å². The summed E-state index contributed by atoms with van der Waals surface area (Å²) < 4.78 is 17.1. The van der Waals surface area contributed by atoms with Crippen LogP contribution >= 0.6 is 0 Å². The zero-order valence-corrected chi connectivity index (χ0v) is 14.1. The number of ether oxygens (including phenoxy) is 1. The van der Waals surface area contributed by atoms with E-state index < -0.39 is 24.3 Å². The van der Waals surface area contributed by atoms with Crippen molar-refractivity contribution in [3.05, 3.63) is 23.9 Å². The summed E-state index contributed by atoms with van der Waals surface area (Å²) in [6.07, 6.45) is 0. The van der Waals surface area contributed by atoms with Crippen LogP contribution in [0.15, 0.2) is 18.2 Å². The first kappa shape index (κ1) is 16.0. The molecular formula is C16H21BN2O4. The summed E-state index contributed by atoms with van der Waals surface area (Å²) in [6, 6.07) is 5.63. The van der Waals surface area contributed by atoms with Crippen LogP contribution < -0.4 is 5.46 Å². The smallest absolute Gasteiger partial charge is 0.461 e. The summed E-state index contributed by atoms with van der Waals surface area (Å²) in [5, 5.41) is 7.65. The number of fused-ring (bicyclic) bond motifs is 1. The minimum absolute atomic E-state index is 0.294. The Morgan fingerprint density at radius 1 is 1.26 bits per heavy atom. The summed E-state index contributed by atoms with van der Waals surface area (Å²) in [5.74, 6) is -0.429. The maximum Gasteiger partial charge on any atom is 0.494 e. The van der Waals surface area contributed by atoms with Gasteiger partial charge in [-0.3, -0.25) is 5.10 Å². The molecule has 6 nitrogen and oxygen atoms in total. The second-order valence-corrected chi connectivity index (χ2v) is 6.69. The summed E-state index contributed by atoms with van der Waals surface area (Å²) in [5.41, 5.74) is 1.14. The molecule has 1 fully saturated rings. The lowest BCUT2D eigenvalue weighted by molar-refractivity contribution is 0.00578. The van der Waals surface area contributed by atoms with Crippen LogP contribution in [0, 0.1) is 0 Å². The van der Waals surface area contributed by atoms with Crippen molar-refractivity contribution in [1.29, 1.82) is 0 Å². The molecule has 1 saturated heterocycles. The molecule has 0 atom stereocenters. The van der Waals surface area contributed by atoms with E-state index in [1.807, 2.05) is 45.9 Å². The Kier molecular flexibility index (Phi) is 3.73. The highest BCUT2D eigenvalue weighted by atomic mass is 16.7. The van der Waals surface area contributed by atoms with Gasteiger partial charge in [0.15, 0.2) is 5.69 Å². The average molecular weight is 316 g/mol. The third-order valence-corrected chi connectivity index (χ3v) is 4.58. The van der Waals surface area contributed by atoms with Gasteiger partial charge in [-0.25, -0.2) is 4.79 Å². The third kappa shape index (κ3) is 2.64. The van der Waals surface area contributed by atoms with Crippen molar-refractivity contribution >= 4 is 29.5 Å². The van der Waals surface area contributed by atoms with Gasteiger partial charge in [0.1, 0.15) is 0 Å². The molecule has 0 aliphatic carbocycles. The molecule has 0 amide bonds. The molecule has 2 aromatic rings. The van der Waals surface area contributed by atoms with E-state index in [2.05, 4.69) is 10.2 Å². The van der Waals surface area contributed by atoms with Gasteiger partial charge >= 0.3 is 13.1 Å². The highest BCUT2D eigenvalue weighted by Crippen LogP contribution is 2.36. The van der Waals surface area contributed by atoms with Gasteiger partial charge in [0.05, 0.1) is 23.3 Å². The van der Waals surface area contributed by atoms with Gasteiger partial charge in [0, 0.05) is 5.39 Å². The minimum atomic E-state index is -0.446. The number of benzene rings is 1. The van der Waals surface area contributed by atoms with Crippen LogP contribution in [0.4, 0.5) is 0 Å². The number of hydrogen-bond acceptors (Lipinski definition) is 5. The molecule has 0 saturated carbocycles. The maximum absolute atomic E-state index is 11.9. The van der Waals surface area contributed by atoms with E-state index in [0.717, 1.165) is 16.4 Å². The Morgan fingerprint density at radius 3 is 2.52 bits per heavy atom. The number of carbonyl (C=O) groups is 1. The van der Waals surface area contributed by atoms with Crippen molar-refractivity contribution in [3.63, 3.8) is 0 Å². The number of aromatic nitrogens is 2. The van der Waals surface area contributed by atoms with E-state index in [0.29, 0.717) is 12.3 Å². The zero-order chi connectivity index (χ0) is 16.8. The van der Waals surface area contributed by atoms with E-state index in [9.17, 15) is 4.79 Å². The van der Waals surface area contributed by atoms with E-state index in [1.165, 1.54) is 0 Å². The quantitative estimate of drug-likeness (QED) is 0.693. The van der Waals surface area contributed by atoms with Gasteiger partial charge in [0.25, 0.3) is 0 Å². The number of aromatic amines is 1. The number of carbonyl (C=O) groups excluding carboxylic acids is 1. The Labute approximate surface area is 135 Å². The van der Waals surface area contributed by atoms with Gasteiger partial charge in [-0.15, -0.1) is 0 Å². The molecule has 0 spiro atoms. The average Bonchev–Trinajstić information content (AvgIpc) is 2.97. The number of nitrogens with one attached hydrogen (secondary N) is 1. The predicted octanol–water partition coefficient (Wildman–Crippen LogP) is 2.04. The Hall–Kier alpha value is -1.86. The molecule has 1 N–H and O–H groups in total. The first-order valence-electron chi connectivity index (χ1n) is 7.76. The summed E-state index contributed by atoms with van der Waals surface area (Å²) in [6.45, 7) is 10.1. The van der Waals surface area contributed by atoms with Gasteiger partial charge in [-0.1, -0.05) is 12.1 Å². The SMILES string of the molecule is CCOC(=O)c1n[nH]c2cc(B3OC(C)(C)C(C)(C)O3)ccc12. The molecular weight excluding hydrogens is 295 g/mol. The highest BCUT2D eigenvalue weighted by molar-refractivity contribution is 6.62. The van der Waals surface area contributed by atoms with E-state index >= 15 is 0 Å². The molecule has 3 rings (SSSR count). The number of esters is 1. The molecule has 0 radical (unpaired) electrons. The molecule has 122 valence electrons. The van der Waals surface area contributed by atoms with Crippen LogP contribution in [0.2, 0.25) is 0 Å². The molecule has 1 aromatic carbocycles. The Morgan fingerprint density at radius 2 is 1.91 bits per heavy atom. The van der Waals surface area contributed by atoms with Crippen LogP contribution in [0.5, 0.6) is 0 Å². The summed E-state index contributed by atoms with van der Waals surface area (Å²) >= 11 is 0. The summed E-state index contributed by atoms with van der Waals surface area (Å²) in [4.78, 5) is 11.9. The molecule has 1 aromatic heterocycles. The van der Waals surface area contributed by atoms with Crippen molar-refractivity contribution in [2.45, 2.75) is 45.8 Å². The molecule has 0 unspecified atom stereocenters. The van der Waals surface area contributed by atoms with Crippen molar-refractivity contribution in [2.24, 2.45) is 0 Å². The van der Waals surface area contributed by atoms with Crippen molar-refractivity contribution < 1.29 is 18.8 Å². The van der Waals surface area contributed by atoms with Gasteiger partial charge < -0.3 is 14.0 Å². The van der Waals surface area contributed by atoms with E-state index in [-0.39, 0.29) is 0 Å². The summed E-state index contributed by atoms with van der Waals surface area (Å²) in [7, 11) is -0.446. The molecule has 23 heavy (non-hydrogen) atoms. The minimum Gasteiger partial charge on any atom is -0.461 e. The number of rotatable bonds is 3. The first-order valence-corrected chi connectivity index (χ1v) is 7.76. The van der Waals surface area contributed by atoms with Gasteiger partial charge in [0.2, 0.25) is 0 Å². The normalized spacial score (nSPS) is 19.3.